The van der Waals surface area contributed by atoms with Crippen molar-refractivity contribution in [1.82, 2.24) is 0 Å². The van der Waals surface area contributed by atoms with E-state index in [0.29, 0.717) is 22.2 Å². The number of nitrogens with zero attached hydrogens (tertiary/aromatic N) is 2. The molecule has 2 aliphatic rings. The fourth-order valence-electron chi connectivity index (χ4n) is 4.26. The van der Waals surface area contributed by atoms with E-state index in [4.69, 9.17) is 5.73 Å². The van der Waals surface area contributed by atoms with Gasteiger partial charge in [-0.05, 0) is 55.7 Å². The van der Waals surface area contributed by atoms with E-state index < -0.39 is 16.7 Å². The molecule has 1 fully saturated rings. The number of carbonyl (C=O) groups is 2. The van der Waals surface area contributed by atoms with Crippen molar-refractivity contribution < 1.29 is 14.5 Å². The molecular weight excluding hydrogens is 404 g/mol. The van der Waals surface area contributed by atoms with E-state index in [2.05, 4.69) is 12.2 Å². The maximum Gasteiger partial charge on any atom is 0.293 e. The van der Waals surface area contributed by atoms with Crippen LogP contribution in [0.25, 0.3) is 0 Å². The summed E-state index contributed by atoms with van der Waals surface area (Å²) < 4.78 is 0. The van der Waals surface area contributed by atoms with Crippen molar-refractivity contribution in [2.45, 2.75) is 39.0 Å². The van der Waals surface area contributed by atoms with Gasteiger partial charge >= 0.3 is 0 Å². The third-order valence-corrected chi connectivity index (χ3v) is 7.16. The minimum atomic E-state index is -0.564. The maximum absolute atomic E-state index is 12.8. The second-order valence-electron chi connectivity index (χ2n) is 8.01. The molecule has 0 bridgehead atoms. The maximum atomic E-state index is 12.8. The van der Waals surface area contributed by atoms with Gasteiger partial charge in [0.1, 0.15) is 10.7 Å². The summed E-state index contributed by atoms with van der Waals surface area (Å²) in [5.74, 6) is -0.443. The molecule has 1 saturated heterocycles. The predicted octanol–water partition coefficient (Wildman–Crippen LogP) is 3.73. The van der Waals surface area contributed by atoms with Crippen LogP contribution in [0, 0.1) is 16.0 Å². The lowest BCUT2D eigenvalue weighted by atomic mass is 9.98. The van der Waals surface area contributed by atoms with Gasteiger partial charge in [0.2, 0.25) is 0 Å². The number of carbonyl (C=O) groups excluding carboxylic acids is 2. The lowest BCUT2D eigenvalue weighted by Crippen LogP contribution is -2.33. The van der Waals surface area contributed by atoms with Gasteiger partial charge in [-0.15, -0.1) is 11.3 Å². The van der Waals surface area contributed by atoms with Crippen molar-refractivity contribution >= 4 is 39.5 Å². The highest BCUT2D eigenvalue weighted by molar-refractivity contribution is 7.17. The fraction of sp³-hybridized carbons (Fsp3) is 0.429. The van der Waals surface area contributed by atoms with Crippen LogP contribution in [-0.4, -0.2) is 29.8 Å². The van der Waals surface area contributed by atoms with Crippen molar-refractivity contribution in [1.29, 1.82) is 0 Å². The monoisotopic (exact) mass is 428 g/mol. The van der Waals surface area contributed by atoms with E-state index in [9.17, 15) is 19.7 Å². The first-order valence-corrected chi connectivity index (χ1v) is 11.0. The Morgan fingerprint density at radius 3 is 2.67 bits per heavy atom. The number of hydrogen-bond donors (Lipinski definition) is 2. The molecule has 0 atom stereocenters. The SMILES string of the molecule is CC1CCN(c2ccc(C(=O)Nc3sc4c(c3C(N)=O)CCC4)cc2[N+](=O)[O-])CC1. The molecule has 1 aliphatic carbocycles. The first kappa shape index (κ1) is 20.3. The summed E-state index contributed by atoms with van der Waals surface area (Å²) in [6, 6.07) is 4.56. The Bertz CT molecular complexity index is 1020. The minimum absolute atomic E-state index is 0.0824. The molecule has 1 aliphatic heterocycles. The van der Waals surface area contributed by atoms with Crippen molar-refractivity contribution in [3.8, 4) is 0 Å². The number of thiophene rings is 1. The smallest absolute Gasteiger partial charge is 0.293 e. The number of nitrogens with two attached hydrogens (primary N) is 1. The molecule has 2 heterocycles. The molecule has 1 aromatic heterocycles. The molecule has 4 rings (SSSR count). The molecule has 8 nitrogen and oxygen atoms in total. The number of nitrogens with one attached hydrogen (secondary N) is 1. The minimum Gasteiger partial charge on any atom is -0.366 e. The van der Waals surface area contributed by atoms with Gasteiger partial charge in [-0.25, -0.2) is 0 Å². The number of hydrogen-bond acceptors (Lipinski definition) is 6. The van der Waals surface area contributed by atoms with Crippen LogP contribution in [0.5, 0.6) is 0 Å². The van der Waals surface area contributed by atoms with E-state index in [1.165, 1.54) is 17.4 Å². The lowest BCUT2D eigenvalue weighted by molar-refractivity contribution is -0.384. The largest absolute Gasteiger partial charge is 0.366 e. The third kappa shape index (κ3) is 3.77. The Morgan fingerprint density at radius 1 is 1.27 bits per heavy atom. The number of amides is 2. The van der Waals surface area contributed by atoms with Gasteiger partial charge in [-0.1, -0.05) is 6.92 Å². The van der Waals surface area contributed by atoms with Crippen LogP contribution >= 0.6 is 11.3 Å². The molecule has 2 aromatic rings. The number of benzene rings is 1. The number of nitro benzene ring substituents is 1. The number of primary amides is 1. The summed E-state index contributed by atoms with van der Waals surface area (Å²) in [5.41, 5.74) is 7.47. The van der Waals surface area contributed by atoms with Crippen LogP contribution in [0.1, 0.15) is 57.3 Å². The van der Waals surface area contributed by atoms with Gasteiger partial charge in [0, 0.05) is 29.6 Å². The van der Waals surface area contributed by atoms with Crippen LogP contribution < -0.4 is 16.0 Å². The van der Waals surface area contributed by atoms with Gasteiger partial charge in [-0.2, -0.15) is 0 Å². The molecule has 158 valence electrons. The third-order valence-electron chi connectivity index (χ3n) is 5.95. The van der Waals surface area contributed by atoms with E-state index in [-0.39, 0.29) is 11.3 Å². The van der Waals surface area contributed by atoms with Gasteiger partial charge in [-0.3, -0.25) is 19.7 Å². The standard InChI is InChI=1S/C21H24N4O4S/c1-12-7-9-24(10-8-12)15-6-5-13(11-16(15)25(28)29)20(27)23-21-18(19(22)26)14-3-2-4-17(14)30-21/h5-6,11-12H,2-4,7-10H2,1H3,(H2,22,26)(H,23,27). The average Bonchev–Trinajstić information content (AvgIpc) is 3.28. The summed E-state index contributed by atoms with van der Waals surface area (Å²) in [6.45, 7) is 3.70. The molecule has 0 spiro atoms. The van der Waals surface area contributed by atoms with Crippen molar-refractivity contribution in [3.05, 3.63) is 49.9 Å². The Kier molecular flexibility index (Phi) is 5.46. The van der Waals surface area contributed by atoms with Crippen LogP contribution in [0.15, 0.2) is 18.2 Å². The Labute approximate surface area is 178 Å². The number of piperidine rings is 1. The normalized spacial score (nSPS) is 16.4. The summed E-state index contributed by atoms with van der Waals surface area (Å²) in [4.78, 5) is 39.1. The first-order chi connectivity index (χ1) is 14.3. The topological polar surface area (TPSA) is 119 Å². The zero-order valence-corrected chi connectivity index (χ0v) is 17.6. The highest BCUT2D eigenvalue weighted by atomic mass is 32.1. The zero-order chi connectivity index (χ0) is 21.4. The number of aryl methyl sites for hydroxylation is 1. The molecule has 0 saturated carbocycles. The van der Waals surface area contributed by atoms with Crippen molar-refractivity contribution in [2.24, 2.45) is 11.7 Å². The summed E-state index contributed by atoms with van der Waals surface area (Å²) in [7, 11) is 0. The highest BCUT2D eigenvalue weighted by Gasteiger charge is 2.28. The Hall–Kier alpha value is -2.94. The van der Waals surface area contributed by atoms with E-state index >= 15 is 0 Å². The number of anilines is 2. The van der Waals surface area contributed by atoms with Gasteiger partial charge < -0.3 is 16.0 Å². The fourth-order valence-corrected chi connectivity index (χ4v) is 5.55. The number of fused-ring (bicyclic) bond motifs is 1. The van der Waals surface area contributed by atoms with Crippen molar-refractivity contribution in [3.63, 3.8) is 0 Å². The van der Waals surface area contributed by atoms with Crippen LogP contribution in [0.4, 0.5) is 16.4 Å². The molecule has 0 radical (unpaired) electrons. The lowest BCUT2D eigenvalue weighted by Gasteiger charge is -2.31. The average molecular weight is 429 g/mol. The molecule has 0 unspecified atom stereocenters. The number of nitro groups is 1. The Balaban J connectivity index is 1.60. The first-order valence-electron chi connectivity index (χ1n) is 10.1. The molecular formula is C21H24N4O4S. The summed E-state index contributed by atoms with van der Waals surface area (Å²) >= 11 is 1.36. The highest BCUT2D eigenvalue weighted by Crippen LogP contribution is 2.39. The van der Waals surface area contributed by atoms with E-state index in [1.807, 2.05) is 4.90 Å². The van der Waals surface area contributed by atoms with Gasteiger partial charge in [0.05, 0.1) is 10.5 Å². The van der Waals surface area contributed by atoms with Gasteiger partial charge in [0.15, 0.2) is 0 Å². The second-order valence-corrected chi connectivity index (χ2v) is 9.12. The predicted molar refractivity (Wildman–Crippen MR) is 117 cm³/mol. The molecule has 1 aromatic carbocycles. The second kappa shape index (κ2) is 8.06. The van der Waals surface area contributed by atoms with E-state index in [1.54, 1.807) is 12.1 Å². The number of rotatable bonds is 5. The van der Waals surface area contributed by atoms with Crippen LogP contribution in [-0.2, 0) is 12.8 Å². The molecule has 3 N–H and O–H groups in total. The van der Waals surface area contributed by atoms with Crippen molar-refractivity contribution in [2.75, 3.05) is 23.3 Å². The molecule has 9 heteroatoms. The van der Waals surface area contributed by atoms with Crippen LogP contribution in [0.2, 0.25) is 0 Å². The van der Waals surface area contributed by atoms with Crippen LogP contribution in [0.3, 0.4) is 0 Å². The molecule has 2 amide bonds. The molecule has 30 heavy (non-hydrogen) atoms. The quantitative estimate of drug-likeness (QED) is 0.556. The van der Waals surface area contributed by atoms with E-state index in [0.717, 1.165) is 55.6 Å². The summed E-state index contributed by atoms with van der Waals surface area (Å²) in [5, 5.41) is 14.9. The summed E-state index contributed by atoms with van der Waals surface area (Å²) in [6.07, 6.45) is 4.58. The van der Waals surface area contributed by atoms with Gasteiger partial charge in [0.25, 0.3) is 17.5 Å². The Morgan fingerprint density at radius 2 is 2.00 bits per heavy atom. The zero-order valence-electron chi connectivity index (χ0n) is 16.8.